The van der Waals surface area contributed by atoms with E-state index >= 15 is 0 Å². The quantitative estimate of drug-likeness (QED) is 0.542. The van der Waals surface area contributed by atoms with E-state index in [1.165, 1.54) is 0 Å². The third kappa shape index (κ3) is 4.89. The van der Waals surface area contributed by atoms with Crippen LogP contribution in [0.5, 0.6) is 0 Å². The molecule has 4 N–H and O–H groups in total. The van der Waals surface area contributed by atoms with E-state index in [0.717, 1.165) is 12.8 Å². The van der Waals surface area contributed by atoms with Gasteiger partial charge in [0.05, 0.1) is 0 Å². The molecule has 0 unspecified atom stereocenters. The molecule has 1 heterocycles. The molecule has 18 heavy (non-hydrogen) atoms. The fourth-order valence-corrected chi connectivity index (χ4v) is 1.71. The Morgan fingerprint density at radius 2 is 2.00 bits per heavy atom. The van der Waals surface area contributed by atoms with Gasteiger partial charge in [0, 0.05) is 31.7 Å². The Bertz CT molecular complexity index is 302. The summed E-state index contributed by atoms with van der Waals surface area (Å²) in [6.45, 7) is 3.30. The van der Waals surface area contributed by atoms with Crippen LogP contribution in [0.4, 0.5) is 4.79 Å². The largest absolute Gasteiger partial charge is 0.479 e. The highest BCUT2D eigenvalue weighted by atomic mass is 16.5. The minimum atomic E-state index is -1.44. The molecule has 1 aliphatic rings. The lowest BCUT2D eigenvalue weighted by molar-refractivity contribution is -0.146. The molecule has 1 aliphatic heterocycles. The molecule has 0 radical (unpaired) electrons. The van der Waals surface area contributed by atoms with Crippen molar-refractivity contribution in [2.24, 2.45) is 0 Å². The van der Waals surface area contributed by atoms with Crippen LogP contribution in [0.15, 0.2) is 0 Å². The summed E-state index contributed by atoms with van der Waals surface area (Å²) in [4.78, 5) is 21.9. The molecule has 1 saturated heterocycles. The van der Waals surface area contributed by atoms with Crippen LogP contribution in [0, 0.1) is 0 Å². The van der Waals surface area contributed by atoms with E-state index in [1.54, 1.807) is 0 Å². The Balaban J connectivity index is 2.22. The van der Waals surface area contributed by atoms with Gasteiger partial charge in [-0.1, -0.05) is 0 Å². The fraction of sp³-hybridized carbons (Fsp3) is 0.818. The third-order valence-corrected chi connectivity index (χ3v) is 3.00. The van der Waals surface area contributed by atoms with Gasteiger partial charge >= 0.3 is 12.0 Å². The van der Waals surface area contributed by atoms with Gasteiger partial charge in [-0.05, 0) is 19.8 Å². The van der Waals surface area contributed by atoms with Gasteiger partial charge in [-0.2, -0.15) is 0 Å². The van der Waals surface area contributed by atoms with E-state index in [-0.39, 0.29) is 24.5 Å². The maximum atomic E-state index is 11.6. The molecule has 0 aliphatic carbocycles. The second kappa shape index (κ2) is 6.55. The molecule has 2 amide bonds. The molecule has 0 spiro atoms. The average molecular weight is 260 g/mol. The molecule has 1 rings (SSSR count). The minimum Gasteiger partial charge on any atom is -0.479 e. The predicted molar refractivity (Wildman–Crippen MR) is 63.3 cm³/mol. The molecule has 0 aromatic rings. The first-order valence-electron chi connectivity index (χ1n) is 5.97. The first-order chi connectivity index (χ1) is 8.43. The van der Waals surface area contributed by atoms with Crippen molar-refractivity contribution < 1.29 is 24.5 Å². The Kier molecular flexibility index (Phi) is 5.36. The number of carboxylic acid groups (broad SMARTS) is 1. The zero-order valence-corrected chi connectivity index (χ0v) is 10.4. The van der Waals surface area contributed by atoms with Crippen molar-refractivity contribution in [1.82, 2.24) is 10.6 Å². The number of aliphatic hydroxyl groups excluding tert-OH is 1. The van der Waals surface area contributed by atoms with E-state index in [2.05, 4.69) is 10.6 Å². The Morgan fingerprint density at radius 1 is 1.39 bits per heavy atom. The normalized spacial score (nSPS) is 19.9. The maximum absolute atomic E-state index is 11.6. The van der Waals surface area contributed by atoms with Gasteiger partial charge in [0.1, 0.15) is 0 Å². The first kappa shape index (κ1) is 14.7. The smallest absolute Gasteiger partial charge is 0.332 e. The second-order valence-electron chi connectivity index (χ2n) is 4.70. The number of carboxylic acids is 1. The van der Waals surface area contributed by atoms with E-state index in [9.17, 15) is 9.59 Å². The van der Waals surface area contributed by atoms with Crippen LogP contribution >= 0.6 is 0 Å². The molecule has 104 valence electrons. The molecule has 0 aromatic heterocycles. The second-order valence-corrected chi connectivity index (χ2v) is 4.70. The van der Waals surface area contributed by atoms with Crippen LogP contribution in [0.1, 0.15) is 26.2 Å². The topological polar surface area (TPSA) is 108 Å². The SMILES string of the molecule is CC1(NC(=O)NCC[C@H](O)C(=O)O)CCOCC1. The minimum absolute atomic E-state index is 0.0113. The number of ether oxygens (including phenoxy) is 1. The Morgan fingerprint density at radius 3 is 2.56 bits per heavy atom. The number of aliphatic carboxylic acids is 1. The molecule has 7 nitrogen and oxygen atoms in total. The number of aliphatic hydroxyl groups is 1. The number of hydrogen-bond donors (Lipinski definition) is 4. The van der Waals surface area contributed by atoms with Crippen LogP contribution in [-0.2, 0) is 9.53 Å². The fourth-order valence-electron chi connectivity index (χ4n) is 1.71. The molecule has 1 fully saturated rings. The number of carbonyl (C=O) groups is 2. The number of carbonyl (C=O) groups excluding carboxylic acids is 1. The van der Waals surface area contributed by atoms with Crippen molar-refractivity contribution in [1.29, 1.82) is 0 Å². The van der Waals surface area contributed by atoms with E-state index in [1.807, 2.05) is 6.92 Å². The molecule has 0 aromatic carbocycles. The van der Waals surface area contributed by atoms with Crippen LogP contribution in [0.2, 0.25) is 0 Å². The molecule has 1 atom stereocenters. The van der Waals surface area contributed by atoms with Gasteiger partial charge in [-0.15, -0.1) is 0 Å². The maximum Gasteiger partial charge on any atom is 0.332 e. The van der Waals surface area contributed by atoms with Crippen molar-refractivity contribution in [3.63, 3.8) is 0 Å². The summed E-state index contributed by atoms with van der Waals surface area (Å²) < 4.78 is 5.22. The van der Waals surface area contributed by atoms with Gasteiger partial charge in [-0.25, -0.2) is 9.59 Å². The van der Waals surface area contributed by atoms with Gasteiger partial charge in [-0.3, -0.25) is 0 Å². The van der Waals surface area contributed by atoms with Crippen molar-refractivity contribution in [3.05, 3.63) is 0 Å². The highest BCUT2D eigenvalue weighted by Gasteiger charge is 2.28. The summed E-state index contributed by atoms with van der Waals surface area (Å²) in [7, 11) is 0. The van der Waals surface area contributed by atoms with Crippen LogP contribution < -0.4 is 10.6 Å². The number of nitrogens with one attached hydrogen (secondary N) is 2. The summed E-state index contributed by atoms with van der Waals surface area (Å²) in [5.74, 6) is -1.28. The first-order valence-corrected chi connectivity index (χ1v) is 5.97. The third-order valence-electron chi connectivity index (χ3n) is 3.00. The number of urea groups is 1. The summed E-state index contributed by atoms with van der Waals surface area (Å²) >= 11 is 0. The predicted octanol–water partition coefficient (Wildman–Crippen LogP) is -0.310. The summed E-state index contributed by atoms with van der Waals surface area (Å²) in [6, 6.07) is -0.350. The molecular weight excluding hydrogens is 240 g/mol. The number of amides is 2. The van der Waals surface area contributed by atoms with Crippen molar-refractivity contribution in [3.8, 4) is 0 Å². The van der Waals surface area contributed by atoms with Crippen LogP contribution in [0.25, 0.3) is 0 Å². The van der Waals surface area contributed by atoms with Crippen molar-refractivity contribution in [2.75, 3.05) is 19.8 Å². The van der Waals surface area contributed by atoms with Gasteiger partial charge in [0.2, 0.25) is 0 Å². The van der Waals surface area contributed by atoms with Gasteiger partial charge < -0.3 is 25.6 Å². The summed E-state index contributed by atoms with van der Waals surface area (Å²) in [5.41, 5.74) is -0.284. The highest BCUT2D eigenvalue weighted by Crippen LogP contribution is 2.19. The zero-order valence-electron chi connectivity index (χ0n) is 10.4. The van der Waals surface area contributed by atoms with Crippen LogP contribution in [0.3, 0.4) is 0 Å². The van der Waals surface area contributed by atoms with Crippen LogP contribution in [-0.4, -0.2) is 53.6 Å². The van der Waals surface area contributed by atoms with E-state index in [0.29, 0.717) is 13.2 Å². The molecule has 0 bridgehead atoms. The number of rotatable bonds is 5. The molecule has 7 heteroatoms. The average Bonchev–Trinajstić information content (AvgIpc) is 2.28. The summed E-state index contributed by atoms with van der Waals surface area (Å²) in [5, 5.41) is 22.8. The standard InChI is InChI=1S/C11H20N2O5/c1-11(3-6-18-7-4-11)13-10(17)12-5-2-8(14)9(15)16/h8,14H,2-7H2,1H3,(H,15,16)(H2,12,13,17)/t8-/m0/s1. The molecule has 0 saturated carbocycles. The lowest BCUT2D eigenvalue weighted by Crippen LogP contribution is -2.53. The van der Waals surface area contributed by atoms with Gasteiger partial charge in [0.25, 0.3) is 0 Å². The van der Waals surface area contributed by atoms with E-state index < -0.39 is 12.1 Å². The summed E-state index contributed by atoms with van der Waals surface area (Å²) in [6.07, 6.45) is 0.0443. The van der Waals surface area contributed by atoms with Gasteiger partial charge in [0.15, 0.2) is 6.10 Å². The van der Waals surface area contributed by atoms with Crippen molar-refractivity contribution >= 4 is 12.0 Å². The monoisotopic (exact) mass is 260 g/mol. The highest BCUT2D eigenvalue weighted by molar-refractivity contribution is 5.75. The number of hydrogen-bond acceptors (Lipinski definition) is 4. The van der Waals surface area contributed by atoms with Crippen molar-refractivity contribution in [2.45, 2.75) is 37.8 Å². The lowest BCUT2D eigenvalue weighted by Gasteiger charge is -2.34. The Labute approximate surface area is 106 Å². The molecular formula is C11H20N2O5. The zero-order chi connectivity index (χ0) is 13.6. The van der Waals surface area contributed by atoms with E-state index in [4.69, 9.17) is 14.9 Å². The Hall–Kier alpha value is -1.34. The lowest BCUT2D eigenvalue weighted by atomic mass is 9.93.